The molecule has 0 bridgehead atoms. The van der Waals surface area contributed by atoms with Crippen LogP contribution in [-0.4, -0.2) is 10.2 Å². The van der Waals surface area contributed by atoms with Crippen molar-refractivity contribution in [3.63, 3.8) is 0 Å². The first kappa shape index (κ1) is 29.4. The Morgan fingerprint density at radius 3 is 2.03 bits per heavy atom. The minimum absolute atomic E-state index is 0. The van der Waals surface area contributed by atoms with Crippen LogP contribution in [0, 0.1) is 5.82 Å². The molecule has 6 heteroatoms. The number of hydrogen-bond acceptors (Lipinski definition) is 0. The molecule has 0 unspecified atom stereocenters. The van der Waals surface area contributed by atoms with Crippen LogP contribution in [0.4, 0.5) is 8.78 Å². The number of rotatable bonds is 0. The van der Waals surface area contributed by atoms with E-state index in [1.54, 1.807) is 18.2 Å². The summed E-state index contributed by atoms with van der Waals surface area (Å²) in [5.41, 5.74) is 5.61. The molecule has 3 aliphatic carbocycles. The van der Waals surface area contributed by atoms with Crippen LogP contribution in [0.1, 0.15) is 49.7 Å². The minimum Gasteiger partial charge on any atom is -1.00 e. The van der Waals surface area contributed by atoms with Crippen LogP contribution in [0.5, 0.6) is 0 Å². The zero-order valence-electron chi connectivity index (χ0n) is 16.8. The second-order valence-corrected chi connectivity index (χ2v) is 8.01. The third-order valence-corrected chi connectivity index (χ3v) is 5.67. The molecule has 2 aromatic carbocycles. The van der Waals surface area contributed by atoms with Gasteiger partial charge in [0.15, 0.2) is 0 Å². The molecular formula is C24H25Cl2F2HfSi-2. The maximum atomic E-state index is 13.1. The monoisotopic (exact) mass is 629 g/mol. The summed E-state index contributed by atoms with van der Waals surface area (Å²) in [6.45, 7) is 0. The van der Waals surface area contributed by atoms with Gasteiger partial charge in [-0.1, -0.05) is 74.1 Å². The molecule has 1 fully saturated rings. The number of halogens is 4. The Bertz CT molecular complexity index is 831. The largest absolute Gasteiger partial charge is 1.00 e. The van der Waals surface area contributed by atoms with Crippen LogP contribution >= 0.6 is 0 Å². The molecule has 3 aliphatic rings. The van der Waals surface area contributed by atoms with Crippen molar-refractivity contribution in [1.29, 1.82) is 0 Å². The van der Waals surface area contributed by atoms with Gasteiger partial charge in [0, 0.05) is 36.1 Å². The van der Waals surface area contributed by atoms with Gasteiger partial charge in [0.1, 0.15) is 11.6 Å². The molecule has 5 rings (SSSR count). The number of fused-ring (bicyclic) bond motifs is 3. The molecule has 0 saturated heterocycles. The van der Waals surface area contributed by atoms with Crippen molar-refractivity contribution >= 4 is 10.2 Å². The molecule has 159 valence electrons. The van der Waals surface area contributed by atoms with Crippen LogP contribution in [0.3, 0.4) is 0 Å². The Balaban J connectivity index is 0.000000451. The van der Waals surface area contributed by atoms with Gasteiger partial charge in [0.05, 0.1) is 0 Å². The van der Waals surface area contributed by atoms with Gasteiger partial charge in [-0.15, -0.1) is 0 Å². The number of benzene rings is 2. The Labute approximate surface area is 213 Å². The summed E-state index contributed by atoms with van der Waals surface area (Å²) >= 11 is 0. The Morgan fingerprint density at radius 2 is 1.50 bits per heavy atom. The van der Waals surface area contributed by atoms with Crippen molar-refractivity contribution in [2.45, 2.75) is 50.5 Å². The standard InChI is InChI=1S/C13H9F.C6H11Si.C5H5F.2ClH.Hf/c14-11-6-5-10-7-9-3-1-2-4-12(9)13(10)8-11;7-6-4-2-1-3-5-6;6-5-3-1-2-4-5;;;/h1-6,8H,7H2;6H,1-5H2;1,3-4H,2H2;2*1H;/p-2. The zero-order valence-corrected chi connectivity index (χ0v) is 22.9. The molecule has 0 aromatic heterocycles. The van der Waals surface area contributed by atoms with Crippen molar-refractivity contribution in [3.8, 4) is 11.1 Å². The van der Waals surface area contributed by atoms with E-state index in [0.717, 1.165) is 23.9 Å². The fraction of sp³-hybridized carbons (Fsp3) is 0.333. The second kappa shape index (κ2) is 15.3. The molecule has 2 aromatic rings. The molecule has 0 amide bonds. The van der Waals surface area contributed by atoms with Crippen molar-refractivity contribution < 1.29 is 59.4 Å². The molecule has 0 atom stereocenters. The number of hydrogen-bond donors (Lipinski definition) is 0. The zero-order chi connectivity index (χ0) is 19.1. The summed E-state index contributed by atoms with van der Waals surface area (Å²) in [7, 11) is 3.63. The van der Waals surface area contributed by atoms with E-state index in [2.05, 4.69) is 22.4 Å². The van der Waals surface area contributed by atoms with Gasteiger partial charge in [0.25, 0.3) is 0 Å². The summed E-state index contributed by atoms with van der Waals surface area (Å²) < 4.78 is 24.8. The first-order chi connectivity index (χ1) is 13.1. The predicted molar refractivity (Wildman–Crippen MR) is 110 cm³/mol. The summed E-state index contributed by atoms with van der Waals surface area (Å²) in [6, 6.07) is 13.2. The molecular weight excluding hydrogens is 604 g/mol. The summed E-state index contributed by atoms with van der Waals surface area (Å²) in [6.07, 6.45) is 13.6. The average Bonchev–Trinajstić information content (AvgIpc) is 3.30. The molecule has 0 spiro atoms. The summed E-state index contributed by atoms with van der Waals surface area (Å²) in [5.74, 6) is -0.254. The maximum Gasteiger partial charge on any atom is 0.123 e. The van der Waals surface area contributed by atoms with Crippen LogP contribution < -0.4 is 24.8 Å². The fourth-order valence-electron chi connectivity index (χ4n) is 3.63. The van der Waals surface area contributed by atoms with Gasteiger partial charge in [0.2, 0.25) is 0 Å². The van der Waals surface area contributed by atoms with E-state index >= 15 is 0 Å². The van der Waals surface area contributed by atoms with Crippen molar-refractivity contribution in [3.05, 3.63) is 83.5 Å². The van der Waals surface area contributed by atoms with Crippen molar-refractivity contribution in [2.24, 2.45) is 0 Å². The van der Waals surface area contributed by atoms with E-state index in [1.165, 1.54) is 60.9 Å². The van der Waals surface area contributed by atoms with E-state index in [1.807, 2.05) is 18.2 Å². The summed E-state index contributed by atoms with van der Waals surface area (Å²) in [4.78, 5) is 0. The first-order valence-corrected chi connectivity index (χ1v) is 10.3. The molecule has 0 aliphatic heterocycles. The van der Waals surface area contributed by atoms with Gasteiger partial charge in [-0.25, -0.2) is 8.78 Å². The Hall–Kier alpha value is -0.553. The molecule has 3 radical (unpaired) electrons. The Morgan fingerprint density at radius 1 is 0.833 bits per heavy atom. The van der Waals surface area contributed by atoms with Gasteiger partial charge < -0.3 is 24.8 Å². The van der Waals surface area contributed by atoms with Crippen LogP contribution in [-0.2, 0) is 32.3 Å². The van der Waals surface area contributed by atoms with Crippen LogP contribution in [0.2, 0.25) is 5.54 Å². The van der Waals surface area contributed by atoms with E-state index in [9.17, 15) is 8.78 Å². The second-order valence-electron chi connectivity index (χ2n) is 7.20. The average molecular weight is 629 g/mol. The summed E-state index contributed by atoms with van der Waals surface area (Å²) in [5, 5.41) is 0. The Kier molecular flexibility index (Phi) is 15.0. The van der Waals surface area contributed by atoms with E-state index in [0.29, 0.717) is 0 Å². The van der Waals surface area contributed by atoms with E-state index in [-0.39, 0.29) is 62.3 Å². The third kappa shape index (κ3) is 8.90. The third-order valence-electron chi connectivity index (χ3n) is 5.09. The van der Waals surface area contributed by atoms with Gasteiger partial charge in [-0.3, -0.25) is 0 Å². The quantitative estimate of drug-likeness (QED) is 0.328. The topological polar surface area (TPSA) is 0 Å². The number of allylic oxidation sites excluding steroid dienone is 4. The fourth-order valence-corrected chi connectivity index (χ4v) is 4.04. The van der Waals surface area contributed by atoms with Crippen LogP contribution in [0.25, 0.3) is 11.1 Å². The SMILES string of the molecule is FC1=CCC=C1.Fc1ccc2c(c1)-c1ccccc1C2.[Cl-].[Cl-].[Hf].[Si]C1CCCCC1. The van der Waals surface area contributed by atoms with Gasteiger partial charge in [-0.05, 0) is 59.4 Å². The van der Waals surface area contributed by atoms with E-state index < -0.39 is 0 Å². The molecule has 0 heterocycles. The first-order valence-electron chi connectivity index (χ1n) is 9.73. The van der Waals surface area contributed by atoms with Crippen molar-refractivity contribution in [2.75, 3.05) is 0 Å². The minimum atomic E-state index is -0.152. The maximum absolute atomic E-state index is 13.1. The van der Waals surface area contributed by atoms with Gasteiger partial charge in [-0.2, -0.15) is 0 Å². The molecule has 0 N–H and O–H groups in total. The smallest absolute Gasteiger partial charge is 0.123 e. The molecule has 0 nitrogen and oxygen atoms in total. The molecule has 30 heavy (non-hydrogen) atoms. The van der Waals surface area contributed by atoms with E-state index in [4.69, 9.17) is 0 Å². The van der Waals surface area contributed by atoms with Gasteiger partial charge >= 0.3 is 0 Å². The van der Waals surface area contributed by atoms with Crippen molar-refractivity contribution in [1.82, 2.24) is 0 Å². The molecule has 1 saturated carbocycles. The van der Waals surface area contributed by atoms with Crippen LogP contribution in [0.15, 0.2) is 66.5 Å². The predicted octanol–water partition coefficient (Wildman–Crippen LogP) is 1.11. The normalized spacial score (nSPS) is 15.4.